The molecule has 0 bridgehead atoms. The first-order valence-corrected chi connectivity index (χ1v) is 7.34. The smallest absolute Gasteiger partial charge is 0.123 e. The molecular formula is C18H23NO2. The molecule has 0 radical (unpaired) electrons. The molecule has 0 saturated carbocycles. The summed E-state index contributed by atoms with van der Waals surface area (Å²) >= 11 is 0. The highest BCUT2D eigenvalue weighted by Crippen LogP contribution is 2.21. The highest BCUT2D eigenvalue weighted by atomic mass is 16.5. The number of hydrogen-bond donors (Lipinski definition) is 2. The zero-order chi connectivity index (χ0) is 15.1. The zero-order valence-electron chi connectivity index (χ0n) is 12.6. The van der Waals surface area contributed by atoms with Gasteiger partial charge in [0.15, 0.2) is 0 Å². The highest BCUT2D eigenvalue weighted by Gasteiger charge is 2.18. The Hall–Kier alpha value is -1.84. The zero-order valence-corrected chi connectivity index (χ0v) is 12.6. The van der Waals surface area contributed by atoms with Gasteiger partial charge in [0, 0.05) is 18.2 Å². The van der Waals surface area contributed by atoms with Gasteiger partial charge in [0.25, 0.3) is 0 Å². The number of methoxy groups -OCH3 is 1. The molecule has 112 valence electrons. The van der Waals surface area contributed by atoms with Crippen molar-refractivity contribution in [1.29, 1.82) is 0 Å². The molecule has 2 unspecified atom stereocenters. The van der Waals surface area contributed by atoms with Crippen molar-refractivity contribution in [2.24, 2.45) is 0 Å². The van der Waals surface area contributed by atoms with Gasteiger partial charge in [-0.05, 0) is 18.1 Å². The van der Waals surface area contributed by atoms with E-state index in [-0.39, 0.29) is 6.04 Å². The summed E-state index contributed by atoms with van der Waals surface area (Å²) in [5, 5.41) is 13.9. The lowest BCUT2D eigenvalue weighted by atomic mass is 10.00. The fourth-order valence-corrected chi connectivity index (χ4v) is 2.45. The van der Waals surface area contributed by atoms with E-state index in [0.717, 1.165) is 23.3 Å². The molecule has 0 fully saturated rings. The summed E-state index contributed by atoms with van der Waals surface area (Å²) in [6, 6.07) is 17.7. The molecule has 21 heavy (non-hydrogen) atoms. The molecule has 3 heteroatoms. The van der Waals surface area contributed by atoms with E-state index in [0.29, 0.717) is 6.54 Å². The Morgan fingerprint density at radius 1 is 1.05 bits per heavy atom. The number of aliphatic hydroxyl groups is 1. The molecule has 0 saturated heterocycles. The first-order valence-electron chi connectivity index (χ1n) is 7.34. The molecule has 0 spiro atoms. The Morgan fingerprint density at radius 2 is 1.71 bits per heavy atom. The number of rotatable bonds is 7. The molecule has 3 nitrogen and oxygen atoms in total. The molecule has 2 aromatic carbocycles. The molecule has 0 heterocycles. The van der Waals surface area contributed by atoms with Crippen LogP contribution in [-0.4, -0.2) is 18.3 Å². The molecule has 0 aromatic heterocycles. The Morgan fingerprint density at radius 3 is 2.38 bits per heavy atom. The standard InChI is InChI=1S/C18H23NO2/c1-3-16(18(20)14-9-5-4-6-10-14)19-13-15-11-7-8-12-17(15)21-2/h4-12,16,18-20H,3,13H2,1-2H3. The number of hydrogen-bond acceptors (Lipinski definition) is 3. The van der Waals surface area contributed by atoms with E-state index >= 15 is 0 Å². The normalized spacial score (nSPS) is 13.7. The van der Waals surface area contributed by atoms with Crippen LogP contribution in [-0.2, 0) is 6.54 Å². The average molecular weight is 285 g/mol. The van der Waals surface area contributed by atoms with Crippen LogP contribution in [0.5, 0.6) is 5.75 Å². The van der Waals surface area contributed by atoms with Gasteiger partial charge >= 0.3 is 0 Å². The fraction of sp³-hybridized carbons (Fsp3) is 0.333. The van der Waals surface area contributed by atoms with E-state index in [2.05, 4.69) is 12.2 Å². The molecule has 2 rings (SSSR count). The summed E-state index contributed by atoms with van der Waals surface area (Å²) in [7, 11) is 1.68. The Labute approximate surface area is 126 Å². The predicted molar refractivity (Wildman–Crippen MR) is 85.3 cm³/mol. The quantitative estimate of drug-likeness (QED) is 0.820. The largest absolute Gasteiger partial charge is 0.496 e. The molecule has 0 aliphatic rings. The number of nitrogens with one attached hydrogen (secondary N) is 1. The van der Waals surface area contributed by atoms with Gasteiger partial charge in [-0.2, -0.15) is 0 Å². The van der Waals surface area contributed by atoms with E-state index in [1.54, 1.807) is 7.11 Å². The maximum atomic E-state index is 10.5. The summed E-state index contributed by atoms with van der Waals surface area (Å²) < 4.78 is 5.35. The molecule has 0 aliphatic carbocycles. The second-order valence-electron chi connectivity index (χ2n) is 5.06. The fourth-order valence-electron chi connectivity index (χ4n) is 2.45. The summed E-state index contributed by atoms with van der Waals surface area (Å²) in [6.07, 6.45) is 0.344. The summed E-state index contributed by atoms with van der Waals surface area (Å²) in [4.78, 5) is 0. The lowest BCUT2D eigenvalue weighted by Crippen LogP contribution is -2.34. The number of aliphatic hydroxyl groups excluding tert-OH is 1. The Kier molecular flexibility index (Phi) is 5.78. The minimum atomic E-state index is -0.508. The summed E-state index contributed by atoms with van der Waals surface area (Å²) in [5.74, 6) is 0.869. The van der Waals surface area contributed by atoms with Crippen LogP contribution in [0.15, 0.2) is 54.6 Å². The van der Waals surface area contributed by atoms with Gasteiger partial charge in [0.05, 0.1) is 13.2 Å². The third kappa shape index (κ3) is 4.06. The van der Waals surface area contributed by atoms with E-state index in [4.69, 9.17) is 4.74 Å². The number of benzene rings is 2. The maximum Gasteiger partial charge on any atom is 0.123 e. The van der Waals surface area contributed by atoms with Gasteiger partial charge < -0.3 is 15.2 Å². The van der Waals surface area contributed by atoms with Gasteiger partial charge in [-0.1, -0.05) is 55.5 Å². The van der Waals surface area contributed by atoms with Crippen molar-refractivity contribution in [2.45, 2.75) is 32.0 Å². The average Bonchev–Trinajstić information content (AvgIpc) is 2.56. The van der Waals surface area contributed by atoms with Crippen molar-refractivity contribution in [3.05, 3.63) is 65.7 Å². The lowest BCUT2D eigenvalue weighted by molar-refractivity contribution is 0.125. The topological polar surface area (TPSA) is 41.5 Å². The van der Waals surface area contributed by atoms with E-state index < -0.39 is 6.10 Å². The summed E-state index contributed by atoms with van der Waals surface area (Å²) in [5.41, 5.74) is 2.04. The maximum absolute atomic E-state index is 10.5. The minimum Gasteiger partial charge on any atom is -0.496 e. The van der Waals surface area contributed by atoms with Crippen LogP contribution in [0.3, 0.4) is 0 Å². The van der Waals surface area contributed by atoms with E-state index in [1.807, 2.05) is 54.6 Å². The van der Waals surface area contributed by atoms with Crippen molar-refractivity contribution in [2.75, 3.05) is 7.11 Å². The van der Waals surface area contributed by atoms with Crippen LogP contribution in [0, 0.1) is 0 Å². The van der Waals surface area contributed by atoms with E-state index in [1.165, 1.54) is 0 Å². The van der Waals surface area contributed by atoms with Crippen molar-refractivity contribution in [3.63, 3.8) is 0 Å². The molecule has 2 aromatic rings. The van der Waals surface area contributed by atoms with Crippen molar-refractivity contribution >= 4 is 0 Å². The number of ether oxygens (including phenoxy) is 1. The van der Waals surface area contributed by atoms with Gasteiger partial charge in [-0.3, -0.25) is 0 Å². The van der Waals surface area contributed by atoms with Gasteiger partial charge in [0.2, 0.25) is 0 Å². The second-order valence-corrected chi connectivity index (χ2v) is 5.06. The SMILES string of the molecule is CCC(NCc1ccccc1OC)C(O)c1ccccc1. The van der Waals surface area contributed by atoms with Crippen molar-refractivity contribution in [1.82, 2.24) is 5.32 Å². The number of para-hydroxylation sites is 1. The Balaban J connectivity index is 2.02. The highest BCUT2D eigenvalue weighted by molar-refractivity contribution is 5.33. The van der Waals surface area contributed by atoms with Crippen LogP contribution in [0.2, 0.25) is 0 Å². The van der Waals surface area contributed by atoms with E-state index in [9.17, 15) is 5.11 Å². The van der Waals surface area contributed by atoms with Crippen LogP contribution < -0.4 is 10.1 Å². The molecule has 0 amide bonds. The monoisotopic (exact) mass is 285 g/mol. The molecule has 2 atom stereocenters. The minimum absolute atomic E-state index is 0.0114. The molecule has 0 aliphatic heterocycles. The van der Waals surface area contributed by atoms with Crippen molar-refractivity contribution in [3.8, 4) is 5.75 Å². The van der Waals surface area contributed by atoms with Crippen molar-refractivity contribution < 1.29 is 9.84 Å². The lowest BCUT2D eigenvalue weighted by Gasteiger charge is -2.24. The first kappa shape index (κ1) is 15.5. The van der Waals surface area contributed by atoms with Gasteiger partial charge in [0.1, 0.15) is 5.75 Å². The predicted octanol–water partition coefficient (Wildman–Crippen LogP) is 3.30. The molecular weight excluding hydrogens is 262 g/mol. The van der Waals surface area contributed by atoms with Gasteiger partial charge in [-0.25, -0.2) is 0 Å². The second kappa shape index (κ2) is 7.81. The van der Waals surface area contributed by atoms with Crippen LogP contribution in [0.1, 0.15) is 30.6 Å². The third-order valence-corrected chi connectivity index (χ3v) is 3.71. The van der Waals surface area contributed by atoms with Gasteiger partial charge in [-0.15, -0.1) is 0 Å². The van der Waals surface area contributed by atoms with Crippen LogP contribution in [0.25, 0.3) is 0 Å². The third-order valence-electron chi connectivity index (χ3n) is 3.71. The van der Waals surface area contributed by atoms with Crippen LogP contribution >= 0.6 is 0 Å². The molecule has 2 N–H and O–H groups in total. The first-order chi connectivity index (χ1) is 10.3. The summed E-state index contributed by atoms with van der Waals surface area (Å²) in [6.45, 7) is 2.75. The Bertz CT molecular complexity index is 542. The van der Waals surface area contributed by atoms with Crippen LogP contribution in [0.4, 0.5) is 0 Å².